The van der Waals surface area contributed by atoms with Gasteiger partial charge < -0.3 is 4.57 Å². The lowest BCUT2D eigenvalue weighted by atomic mass is 10.0. The molecule has 27 heavy (non-hydrogen) atoms. The van der Waals surface area contributed by atoms with Crippen LogP contribution in [0.15, 0.2) is 91.0 Å². The summed E-state index contributed by atoms with van der Waals surface area (Å²) in [4.78, 5) is 0. The van der Waals surface area contributed by atoms with Gasteiger partial charge in [0.15, 0.2) is 0 Å². The summed E-state index contributed by atoms with van der Waals surface area (Å²) < 4.78 is 3.42. The summed E-state index contributed by atoms with van der Waals surface area (Å²) >= 11 is 8.68. The summed E-state index contributed by atoms with van der Waals surface area (Å²) in [6.45, 7) is 0. The highest BCUT2D eigenvalue weighted by molar-refractivity contribution is 14.1. The molecule has 0 N–H and O–H groups in total. The van der Waals surface area contributed by atoms with Gasteiger partial charge in [0, 0.05) is 20.0 Å². The quantitative estimate of drug-likeness (QED) is 0.229. The predicted octanol–water partition coefficient (Wildman–Crippen LogP) is 7.71. The molecule has 0 radical (unpaired) electrons. The zero-order chi connectivity index (χ0) is 18.4. The summed E-state index contributed by atoms with van der Waals surface area (Å²) in [6, 6.07) is 31.9. The van der Waals surface area contributed by atoms with Crippen molar-refractivity contribution in [1.82, 2.24) is 4.57 Å². The van der Waals surface area contributed by atoms with Gasteiger partial charge in [0.2, 0.25) is 0 Å². The average Bonchev–Trinajstić information content (AvgIpc) is 3.04. The number of rotatable bonds is 2. The monoisotopic (exact) mass is 479 g/mol. The molecule has 5 aromatic rings. The Morgan fingerprint density at radius 2 is 1.41 bits per heavy atom. The Labute approximate surface area is 176 Å². The molecular formula is C24H15ClIN. The Morgan fingerprint density at radius 3 is 2.26 bits per heavy atom. The standard InChI is InChI=1S/C24H15ClIN/c25-21-11-6-10-18(24(21)26)16-13-14-23-20(15-16)19-9-4-5-12-22(19)27(23)17-7-2-1-3-8-17/h1-15H. The van der Waals surface area contributed by atoms with Gasteiger partial charge in [-0.3, -0.25) is 0 Å². The first kappa shape index (κ1) is 16.8. The summed E-state index contributed by atoms with van der Waals surface area (Å²) in [7, 11) is 0. The minimum Gasteiger partial charge on any atom is -0.309 e. The minimum absolute atomic E-state index is 0.792. The Bertz CT molecular complexity index is 1290. The molecule has 0 fully saturated rings. The van der Waals surface area contributed by atoms with Crippen LogP contribution in [-0.2, 0) is 0 Å². The van der Waals surface area contributed by atoms with E-state index in [1.165, 1.54) is 38.6 Å². The van der Waals surface area contributed by atoms with E-state index in [4.69, 9.17) is 11.6 Å². The largest absolute Gasteiger partial charge is 0.309 e. The molecular weight excluding hydrogens is 465 g/mol. The predicted molar refractivity (Wildman–Crippen MR) is 124 cm³/mol. The first-order valence-corrected chi connectivity index (χ1v) is 10.2. The number of halogens is 2. The summed E-state index contributed by atoms with van der Waals surface area (Å²) in [5, 5.41) is 3.30. The maximum absolute atomic E-state index is 6.35. The van der Waals surface area contributed by atoms with Crippen molar-refractivity contribution in [1.29, 1.82) is 0 Å². The second-order valence-corrected chi connectivity index (χ2v) is 8.01. The van der Waals surface area contributed by atoms with Crippen LogP contribution >= 0.6 is 34.2 Å². The maximum Gasteiger partial charge on any atom is 0.0545 e. The summed E-state index contributed by atoms with van der Waals surface area (Å²) in [5.41, 5.74) is 5.96. The molecule has 0 amide bonds. The molecule has 0 spiro atoms. The van der Waals surface area contributed by atoms with E-state index in [1.54, 1.807) is 0 Å². The van der Waals surface area contributed by atoms with Crippen LogP contribution in [0.1, 0.15) is 0 Å². The van der Waals surface area contributed by atoms with Gasteiger partial charge in [0.25, 0.3) is 0 Å². The molecule has 1 nitrogen and oxygen atoms in total. The van der Waals surface area contributed by atoms with E-state index in [-0.39, 0.29) is 0 Å². The third-order valence-electron chi connectivity index (χ3n) is 4.95. The molecule has 0 bridgehead atoms. The Morgan fingerprint density at radius 1 is 0.667 bits per heavy atom. The lowest BCUT2D eigenvalue weighted by Gasteiger charge is -2.09. The number of fused-ring (bicyclic) bond motifs is 3. The highest BCUT2D eigenvalue weighted by atomic mass is 127. The van der Waals surface area contributed by atoms with Gasteiger partial charge in [0.05, 0.1) is 16.1 Å². The van der Waals surface area contributed by atoms with Gasteiger partial charge in [-0.15, -0.1) is 0 Å². The molecule has 0 aliphatic heterocycles. The molecule has 4 aromatic carbocycles. The van der Waals surface area contributed by atoms with Gasteiger partial charge in [-0.05, 0) is 70.1 Å². The molecule has 0 aliphatic carbocycles. The van der Waals surface area contributed by atoms with Gasteiger partial charge in [0.1, 0.15) is 0 Å². The highest BCUT2D eigenvalue weighted by Gasteiger charge is 2.14. The zero-order valence-corrected chi connectivity index (χ0v) is 17.3. The van der Waals surface area contributed by atoms with Crippen molar-refractivity contribution in [2.75, 3.05) is 0 Å². The van der Waals surface area contributed by atoms with Crippen molar-refractivity contribution in [2.24, 2.45) is 0 Å². The average molecular weight is 480 g/mol. The second kappa shape index (κ2) is 6.70. The first-order valence-electron chi connectivity index (χ1n) is 8.77. The molecule has 0 aliphatic rings. The molecule has 1 heterocycles. The van der Waals surface area contributed by atoms with E-state index in [0.29, 0.717) is 0 Å². The van der Waals surface area contributed by atoms with Crippen LogP contribution in [0, 0.1) is 3.57 Å². The SMILES string of the molecule is Clc1cccc(-c2ccc3c(c2)c2ccccc2n3-c2ccccc2)c1I. The van der Waals surface area contributed by atoms with Crippen molar-refractivity contribution < 1.29 is 0 Å². The lowest BCUT2D eigenvalue weighted by molar-refractivity contribution is 1.18. The second-order valence-electron chi connectivity index (χ2n) is 6.52. The van der Waals surface area contributed by atoms with E-state index in [9.17, 15) is 0 Å². The number of aromatic nitrogens is 1. The van der Waals surface area contributed by atoms with Crippen molar-refractivity contribution in [2.45, 2.75) is 0 Å². The van der Waals surface area contributed by atoms with E-state index in [0.717, 1.165) is 8.59 Å². The first-order chi connectivity index (χ1) is 13.2. The summed E-state index contributed by atoms with van der Waals surface area (Å²) in [5.74, 6) is 0. The number of para-hydroxylation sites is 2. The van der Waals surface area contributed by atoms with Crippen molar-refractivity contribution in [3.8, 4) is 16.8 Å². The van der Waals surface area contributed by atoms with Crippen LogP contribution in [0.5, 0.6) is 0 Å². The number of nitrogens with zero attached hydrogens (tertiary/aromatic N) is 1. The smallest absolute Gasteiger partial charge is 0.0545 e. The van der Waals surface area contributed by atoms with Crippen LogP contribution in [0.3, 0.4) is 0 Å². The lowest BCUT2D eigenvalue weighted by Crippen LogP contribution is -1.93. The molecule has 130 valence electrons. The fraction of sp³-hybridized carbons (Fsp3) is 0. The van der Waals surface area contributed by atoms with Gasteiger partial charge in [-0.2, -0.15) is 0 Å². The van der Waals surface area contributed by atoms with Crippen LogP contribution in [-0.4, -0.2) is 4.57 Å². The van der Waals surface area contributed by atoms with Gasteiger partial charge in [-0.1, -0.05) is 66.2 Å². The molecule has 0 atom stereocenters. The van der Waals surface area contributed by atoms with E-state index in [1.807, 2.05) is 12.1 Å². The number of hydrogen-bond acceptors (Lipinski definition) is 0. The minimum atomic E-state index is 0.792. The Kier molecular flexibility index (Phi) is 4.18. The topological polar surface area (TPSA) is 4.93 Å². The molecule has 0 saturated heterocycles. The third kappa shape index (κ3) is 2.75. The van der Waals surface area contributed by atoms with Crippen LogP contribution < -0.4 is 0 Å². The van der Waals surface area contributed by atoms with E-state index >= 15 is 0 Å². The maximum atomic E-state index is 6.35. The third-order valence-corrected chi connectivity index (χ3v) is 6.75. The Balaban J connectivity index is 1.85. The number of hydrogen-bond donors (Lipinski definition) is 0. The fourth-order valence-electron chi connectivity index (χ4n) is 3.72. The Hall–Kier alpha value is -2.30. The van der Waals surface area contributed by atoms with Crippen molar-refractivity contribution in [3.63, 3.8) is 0 Å². The molecule has 0 saturated carbocycles. The van der Waals surface area contributed by atoms with E-state index in [2.05, 4.69) is 106 Å². The molecule has 3 heteroatoms. The normalized spacial score (nSPS) is 11.3. The number of benzene rings is 4. The highest BCUT2D eigenvalue weighted by Crippen LogP contribution is 2.36. The molecule has 5 rings (SSSR count). The molecule has 0 unspecified atom stereocenters. The summed E-state index contributed by atoms with van der Waals surface area (Å²) in [6.07, 6.45) is 0. The molecule has 1 aromatic heterocycles. The fourth-order valence-corrected chi connectivity index (χ4v) is 4.57. The van der Waals surface area contributed by atoms with Crippen LogP contribution in [0.25, 0.3) is 38.6 Å². The van der Waals surface area contributed by atoms with E-state index < -0.39 is 0 Å². The van der Waals surface area contributed by atoms with Gasteiger partial charge in [-0.25, -0.2) is 0 Å². The zero-order valence-electron chi connectivity index (χ0n) is 14.4. The van der Waals surface area contributed by atoms with Crippen molar-refractivity contribution >= 4 is 56.0 Å². The van der Waals surface area contributed by atoms with Crippen LogP contribution in [0.2, 0.25) is 5.02 Å². The van der Waals surface area contributed by atoms with Gasteiger partial charge >= 0.3 is 0 Å². The van der Waals surface area contributed by atoms with Crippen molar-refractivity contribution in [3.05, 3.63) is 99.6 Å². The van der Waals surface area contributed by atoms with Crippen LogP contribution in [0.4, 0.5) is 0 Å².